The van der Waals surface area contributed by atoms with E-state index in [1.807, 2.05) is 31.2 Å². The van der Waals surface area contributed by atoms with E-state index in [1.54, 1.807) is 0 Å². The summed E-state index contributed by atoms with van der Waals surface area (Å²) in [7, 11) is 1.47. The smallest absolute Gasteiger partial charge is 0.315 e. The van der Waals surface area contributed by atoms with E-state index in [4.69, 9.17) is 15.2 Å². The lowest BCUT2D eigenvalue weighted by atomic mass is 9.97. The summed E-state index contributed by atoms with van der Waals surface area (Å²) >= 11 is 0. The molecule has 9 nitrogen and oxygen atoms in total. The molecule has 44 heavy (non-hydrogen) atoms. The number of aryl methyl sites for hydroxylation is 1. The second kappa shape index (κ2) is 17.4. The van der Waals surface area contributed by atoms with Crippen LogP contribution in [0.4, 0.5) is 13.6 Å². The summed E-state index contributed by atoms with van der Waals surface area (Å²) in [5.74, 6) is -2.71. The molecule has 1 aliphatic heterocycles. The van der Waals surface area contributed by atoms with Crippen LogP contribution in [0.2, 0.25) is 0 Å². The molecule has 11 heteroatoms. The second-order valence-corrected chi connectivity index (χ2v) is 11.5. The number of nitrogens with two attached hydrogens (primary N) is 1. The van der Waals surface area contributed by atoms with E-state index in [0.29, 0.717) is 31.6 Å². The highest BCUT2D eigenvalue weighted by atomic mass is 19.1. The van der Waals surface area contributed by atoms with Crippen LogP contribution >= 0.6 is 0 Å². The number of halogens is 2. The largest absolute Gasteiger partial charge is 0.390 e. The Morgan fingerprint density at radius 3 is 2.36 bits per heavy atom. The molecule has 1 fully saturated rings. The van der Waals surface area contributed by atoms with Gasteiger partial charge in [-0.1, -0.05) is 44.5 Å². The van der Waals surface area contributed by atoms with Crippen molar-refractivity contribution in [3.8, 4) is 0 Å². The fraction of sp³-hybridized carbons (Fsp3) is 0.576. The summed E-state index contributed by atoms with van der Waals surface area (Å²) < 4.78 is 39.7. The summed E-state index contributed by atoms with van der Waals surface area (Å²) in [4.78, 5) is 28.2. The van der Waals surface area contributed by atoms with E-state index in [9.17, 15) is 23.5 Å². The van der Waals surface area contributed by atoms with Crippen LogP contribution in [0.3, 0.4) is 0 Å². The van der Waals surface area contributed by atoms with Crippen LogP contribution in [-0.2, 0) is 33.7 Å². The molecule has 244 valence electrons. The van der Waals surface area contributed by atoms with Gasteiger partial charge in [-0.25, -0.2) is 13.6 Å². The van der Waals surface area contributed by atoms with Gasteiger partial charge in [-0.2, -0.15) is 0 Å². The van der Waals surface area contributed by atoms with Gasteiger partial charge in [0.05, 0.1) is 19.3 Å². The van der Waals surface area contributed by atoms with Crippen LogP contribution in [0, 0.1) is 11.6 Å². The molecule has 0 aliphatic carbocycles. The molecule has 0 spiro atoms. The third-order valence-electron chi connectivity index (χ3n) is 7.95. The van der Waals surface area contributed by atoms with Crippen LogP contribution in [0.5, 0.6) is 0 Å². The number of carbonyl (C=O) groups excluding carboxylic acids is 2. The Balaban J connectivity index is 1.85. The highest BCUT2D eigenvalue weighted by molar-refractivity contribution is 5.87. The highest BCUT2D eigenvalue weighted by Gasteiger charge is 2.37. The first kappa shape index (κ1) is 35.4. The first-order chi connectivity index (χ1) is 21.1. The first-order valence-electron chi connectivity index (χ1n) is 15.6. The van der Waals surface area contributed by atoms with Gasteiger partial charge < -0.3 is 35.8 Å². The number of amides is 3. The molecular weight excluding hydrogens is 570 g/mol. The molecular formula is C33H48F2N4O5. The maximum Gasteiger partial charge on any atom is 0.315 e. The predicted molar refractivity (Wildman–Crippen MR) is 165 cm³/mol. The minimum atomic E-state index is -1.22. The Labute approximate surface area is 259 Å². The number of ether oxygens (including phenoxy) is 2. The van der Waals surface area contributed by atoms with Crippen LogP contribution in [0.15, 0.2) is 42.5 Å². The van der Waals surface area contributed by atoms with E-state index < -0.39 is 47.5 Å². The quantitative estimate of drug-likeness (QED) is 0.224. The summed E-state index contributed by atoms with van der Waals surface area (Å²) in [6.07, 6.45) is 3.52. The third kappa shape index (κ3) is 10.8. The number of urea groups is 1. The Morgan fingerprint density at radius 1 is 1.05 bits per heavy atom. The molecule has 1 aliphatic rings. The molecule has 0 radical (unpaired) electrons. The molecule has 3 atom stereocenters. The Hall–Kier alpha value is -3.12. The fourth-order valence-corrected chi connectivity index (χ4v) is 5.45. The second-order valence-electron chi connectivity index (χ2n) is 11.5. The van der Waals surface area contributed by atoms with Crippen molar-refractivity contribution >= 4 is 11.9 Å². The van der Waals surface area contributed by atoms with E-state index in [2.05, 4.69) is 17.6 Å². The molecule has 0 saturated carbocycles. The van der Waals surface area contributed by atoms with Crippen molar-refractivity contribution in [1.29, 1.82) is 0 Å². The highest BCUT2D eigenvalue weighted by Crippen LogP contribution is 2.31. The van der Waals surface area contributed by atoms with Crippen molar-refractivity contribution in [3.63, 3.8) is 0 Å². The number of aliphatic hydroxyl groups excluding tert-OH is 1. The Kier molecular flexibility index (Phi) is 14.0. The normalized spacial score (nSPS) is 16.5. The molecule has 0 aromatic heterocycles. The van der Waals surface area contributed by atoms with Crippen molar-refractivity contribution in [3.05, 3.63) is 70.8 Å². The number of hydrogen-bond acceptors (Lipinski definition) is 6. The van der Waals surface area contributed by atoms with Crippen molar-refractivity contribution in [2.24, 2.45) is 5.73 Å². The van der Waals surface area contributed by atoms with Crippen molar-refractivity contribution in [2.45, 2.75) is 95.7 Å². The van der Waals surface area contributed by atoms with Gasteiger partial charge in [-0.05, 0) is 60.9 Å². The maximum atomic E-state index is 14.2. The topological polar surface area (TPSA) is 126 Å². The molecule has 3 amide bonds. The van der Waals surface area contributed by atoms with E-state index in [0.717, 1.165) is 42.9 Å². The van der Waals surface area contributed by atoms with Crippen molar-refractivity contribution < 1.29 is 33.0 Å². The SMILES string of the molecule is CCCCC1(CC[C@@H](NC(=O)NC)C(=O)N(Cc2cccc(CC)c2)C[C@@H](O)[C@@H](N)Cc2cc(F)cc(F)c2)OCCCO1. The van der Waals surface area contributed by atoms with Crippen molar-refractivity contribution in [2.75, 3.05) is 26.8 Å². The summed E-state index contributed by atoms with van der Waals surface area (Å²) in [5, 5.41) is 16.4. The van der Waals surface area contributed by atoms with Gasteiger partial charge in [0.25, 0.3) is 0 Å². The van der Waals surface area contributed by atoms with Gasteiger partial charge in [-0.3, -0.25) is 4.79 Å². The average Bonchev–Trinajstić information content (AvgIpc) is 3.01. The number of nitrogens with zero attached hydrogens (tertiary/aromatic N) is 1. The maximum absolute atomic E-state index is 14.2. The number of rotatable bonds is 16. The fourth-order valence-electron chi connectivity index (χ4n) is 5.45. The van der Waals surface area contributed by atoms with Gasteiger partial charge in [0.1, 0.15) is 17.7 Å². The summed E-state index contributed by atoms with van der Waals surface area (Å²) in [5.41, 5.74) is 8.52. The molecule has 2 aromatic rings. The average molecular weight is 619 g/mol. The van der Waals surface area contributed by atoms with Crippen molar-refractivity contribution in [1.82, 2.24) is 15.5 Å². The monoisotopic (exact) mass is 618 g/mol. The zero-order valence-corrected chi connectivity index (χ0v) is 26.1. The van der Waals surface area contributed by atoms with Gasteiger partial charge in [0.2, 0.25) is 5.91 Å². The summed E-state index contributed by atoms with van der Waals surface area (Å²) in [6, 6.07) is 8.52. The number of aliphatic hydroxyl groups is 1. The zero-order valence-electron chi connectivity index (χ0n) is 26.1. The minimum Gasteiger partial charge on any atom is -0.390 e. The Morgan fingerprint density at radius 2 is 1.73 bits per heavy atom. The number of unbranched alkanes of at least 4 members (excludes halogenated alkanes) is 1. The molecule has 2 aromatic carbocycles. The first-order valence-corrected chi connectivity index (χ1v) is 15.6. The van der Waals surface area contributed by atoms with E-state index >= 15 is 0 Å². The molecule has 0 unspecified atom stereocenters. The van der Waals surface area contributed by atoms with Crippen LogP contribution in [0.1, 0.15) is 69.1 Å². The van der Waals surface area contributed by atoms with Gasteiger partial charge in [-0.15, -0.1) is 0 Å². The lowest BCUT2D eigenvalue weighted by Gasteiger charge is -2.39. The zero-order chi connectivity index (χ0) is 32.1. The summed E-state index contributed by atoms with van der Waals surface area (Å²) in [6.45, 7) is 5.24. The Bertz CT molecular complexity index is 1190. The van der Waals surface area contributed by atoms with Crippen LogP contribution in [0.25, 0.3) is 0 Å². The third-order valence-corrected chi connectivity index (χ3v) is 7.95. The predicted octanol–water partition coefficient (Wildman–Crippen LogP) is 4.19. The van der Waals surface area contributed by atoms with E-state index in [1.165, 1.54) is 24.1 Å². The minimum absolute atomic E-state index is 0.00224. The standard InChI is InChI=1S/C33H48F2N4O5/c1-4-6-12-33(43-14-8-15-44-33)13-11-29(38-32(42)37-3)31(41)39(21-24-10-7-9-23(5-2)16-24)22-30(40)28(36)19-25-17-26(34)20-27(35)18-25/h7,9-10,16-18,20,28-30,40H,4-6,8,11-15,19,21-22,36H2,1-3H3,(H2,37,38,42)/t28-,29+,30+/m0/s1. The van der Waals surface area contributed by atoms with E-state index in [-0.39, 0.29) is 25.9 Å². The van der Waals surface area contributed by atoms with Gasteiger partial charge >= 0.3 is 6.03 Å². The van der Waals surface area contributed by atoms with Gasteiger partial charge in [0, 0.05) is 45.1 Å². The molecule has 1 heterocycles. The molecule has 3 rings (SSSR count). The number of hydrogen-bond donors (Lipinski definition) is 4. The lowest BCUT2D eigenvalue weighted by Crippen LogP contribution is -2.54. The number of carbonyl (C=O) groups is 2. The molecule has 1 saturated heterocycles. The number of nitrogens with one attached hydrogen (secondary N) is 2. The lowest BCUT2D eigenvalue weighted by molar-refractivity contribution is -0.274. The molecule has 0 bridgehead atoms. The number of benzene rings is 2. The van der Waals surface area contributed by atoms with Gasteiger partial charge in [0.15, 0.2) is 5.79 Å². The van der Waals surface area contributed by atoms with Crippen LogP contribution in [-0.4, -0.2) is 72.7 Å². The molecule has 5 N–H and O–H groups in total. The van der Waals surface area contributed by atoms with Crippen LogP contribution < -0.4 is 16.4 Å².